The Labute approximate surface area is 131 Å². The number of nitrogen functional groups attached to an aromatic ring is 1. The second-order valence-corrected chi connectivity index (χ2v) is 7.63. The lowest BCUT2D eigenvalue weighted by molar-refractivity contribution is 0.0677. The van der Waals surface area contributed by atoms with Crippen LogP contribution in [0.25, 0.3) is 11.5 Å². The molecular formula is C14H17N3O2S2. The second kappa shape index (κ2) is 5.62. The molecule has 1 aliphatic heterocycles. The highest BCUT2D eigenvalue weighted by molar-refractivity contribution is 7.99. The number of thiophene rings is 1. The zero-order valence-corrected chi connectivity index (χ0v) is 13.3. The van der Waals surface area contributed by atoms with Gasteiger partial charge in [-0.1, -0.05) is 5.16 Å². The molecule has 1 saturated heterocycles. The number of anilines is 1. The van der Waals surface area contributed by atoms with Crippen LogP contribution in [-0.4, -0.2) is 28.3 Å². The Bertz CT molecular complexity index is 647. The molecule has 1 atom stereocenters. The predicted octanol–water partition coefficient (Wildman–Crippen LogP) is 3.06. The number of fused-ring (bicyclic) bond motifs is 1. The Balaban J connectivity index is 1.68. The van der Waals surface area contributed by atoms with E-state index in [4.69, 9.17) is 15.0 Å². The Morgan fingerprint density at radius 2 is 2.14 bits per heavy atom. The van der Waals surface area contributed by atoms with Crippen LogP contribution < -0.4 is 5.73 Å². The van der Waals surface area contributed by atoms with Crippen LogP contribution in [0.1, 0.15) is 35.2 Å². The number of aryl methyl sites for hydroxylation is 1. The Hall–Kier alpha value is -1.05. The number of nitrogens with zero attached hydrogens (tertiary/aromatic N) is 2. The second-order valence-electron chi connectivity index (χ2n) is 5.34. The molecule has 1 aliphatic carbocycles. The van der Waals surface area contributed by atoms with Gasteiger partial charge in [-0.25, -0.2) is 0 Å². The maximum absolute atomic E-state index is 6.20. The van der Waals surface area contributed by atoms with Crippen molar-refractivity contribution in [2.45, 2.75) is 31.8 Å². The summed E-state index contributed by atoms with van der Waals surface area (Å²) in [6, 6.07) is 0. The summed E-state index contributed by atoms with van der Waals surface area (Å²) in [5.74, 6) is 3.12. The molecule has 7 heteroatoms. The van der Waals surface area contributed by atoms with Crippen LogP contribution in [0.2, 0.25) is 0 Å². The Morgan fingerprint density at radius 1 is 1.24 bits per heavy atom. The minimum Gasteiger partial charge on any atom is -0.390 e. The molecule has 0 saturated carbocycles. The lowest BCUT2D eigenvalue weighted by Crippen LogP contribution is -2.16. The summed E-state index contributed by atoms with van der Waals surface area (Å²) in [5.41, 5.74) is 8.48. The third kappa shape index (κ3) is 2.47. The molecule has 0 bridgehead atoms. The van der Waals surface area contributed by atoms with Gasteiger partial charge in [-0.15, -0.1) is 11.3 Å². The summed E-state index contributed by atoms with van der Waals surface area (Å²) in [7, 11) is 0. The molecule has 2 aliphatic rings. The molecule has 3 heterocycles. The molecule has 1 fully saturated rings. The number of rotatable bonds is 2. The number of nitrogens with two attached hydrogens (primary N) is 1. The van der Waals surface area contributed by atoms with Gasteiger partial charge in [0, 0.05) is 16.4 Å². The SMILES string of the molecule is Nc1sc2c(c1-c1nc(C3CSCCO3)no1)CCCC2. The first kappa shape index (κ1) is 13.6. The molecule has 2 aromatic rings. The highest BCUT2D eigenvalue weighted by Crippen LogP contribution is 2.42. The first-order chi connectivity index (χ1) is 10.3. The van der Waals surface area contributed by atoms with Crippen LogP contribution >= 0.6 is 23.1 Å². The molecule has 112 valence electrons. The van der Waals surface area contributed by atoms with E-state index in [-0.39, 0.29) is 6.10 Å². The van der Waals surface area contributed by atoms with E-state index >= 15 is 0 Å². The van der Waals surface area contributed by atoms with Crippen LogP contribution in [0.3, 0.4) is 0 Å². The van der Waals surface area contributed by atoms with Gasteiger partial charge < -0.3 is 15.0 Å². The maximum atomic E-state index is 6.20. The molecule has 2 N–H and O–H groups in total. The van der Waals surface area contributed by atoms with Crippen molar-refractivity contribution in [2.75, 3.05) is 23.8 Å². The van der Waals surface area contributed by atoms with E-state index in [1.54, 1.807) is 11.3 Å². The van der Waals surface area contributed by atoms with Crippen LogP contribution in [0, 0.1) is 0 Å². The number of hydrogen-bond donors (Lipinski definition) is 1. The van der Waals surface area contributed by atoms with Crippen LogP contribution in [-0.2, 0) is 17.6 Å². The molecule has 21 heavy (non-hydrogen) atoms. The number of hydrogen-bond acceptors (Lipinski definition) is 7. The molecule has 0 aromatic carbocycles. The summed E-state index contributed by atoms with van der Waals surface area (Å²) < 4.78 is 11.2. The molecular weight excluding hydrogens is 306 g/mol. The van der Waals surface area contributed by atoms with Gasteiger partial charge in [0.1, 0.15) is 6.10 Å². The first-order valence-corrected chi connectivity index (χ1v) is 9.23. The van der Waals surface area contributed by atoms with Gasteiger partial charge in [0.25, 0.3) is 5.89 Å². The van der Waals surface area contributed by atoms with Gasteiger partial charge in [0.2, 0.25) is 5.82 Å². The third-order valence-electron chi connectivity index (χ3n) is 3.96. The van der Waals surface area contributed by atoms with E-state index < -0.39 is 0 Å². The van der Waals surface area contributed by atoms with Gasteiger partial charge in [-0.05, 0) is 31.2 Å². The van der Waals surface area contributed by atoms with Gasteiger partial charge in [0.05, 0.1) is 17.2 Å². The normalized spacial score (nSPS) is 22.2. The van der Waals surface area contributed by atoms with E-state index in [0.29, 0.717) is 11.7 Å². The zero-order chi connectivity index (χ0) is 14.2. The molecule has 4 rings (SSSR count). The average Bonchev–Trinajstić information content (AvgIpc) is 3.11. The van der Waals surface area contributed by atoms with Gasteiger partial charge >= 0.3 is 0 Å². The highest BCUT2D eigenvalue weighted by atomic mass is 32.2. The maximum Gasteiger partial charge on any atom is 0.261 e. The summed E-state index contributed by atoms with van der Waals surface area (Å²) in [4.78, 5) is 5.94. The molecule has 0 spiro atoms. The van der Waals surface area contributed by atoms with Crippen molar-refractivity contribution < 1.29 is 9.26 Å². The van der Waals surface area contributed by atoms with Crippen molar-refractivity contribution in [3.05, 3.63) is 16.3 Å². The molecule has 0 amide bonds. The Kier molecular flexibility index (Phi) is 3.64. The van der Waals surface area contributed by atoms with Crippen LogP contribution in [0.4, 0.5) is 5.00 Å². The minimum atomic E-state index is -0.0584. The number of ether oxygens (including phenoxy) is 1. The number of aromatic nitrogens is 2. The molecule has 2 aromatic heterocycles. The van der Waals surface area contributed by atoms with Crippen molar-refractivity contribution >= 4 is 28.1 Å². The van der Waals surface area contributed by atoms with Crippen molar-refractivity contribution in [1.82, 2.24) is 10.1 Å². The lowest BCUT2D eigenvalue weighted by atomic mass is 9.95. The third-order valence-corrected chi connectivity index (χ3v) is 6.07. The average molecular weight is 323 g/mol. The fraction of sp³-hybridized carbons (Fsp3) is 0.571. The van der Waals surface area contributed by atoms with Crippen LogP contribution in [0.5, 0.6) is 0 Å². The monoisotopic (exact) mass is 323 g/mol. The summed E-state index contributed by atoms with van der Waals surface area (Å²) in [5, 5.41) is 4.91. The molecule has 5 nitrogen and oxygen atoms in total. The summed E-state index contributed by atoms with van der Waals surface area (Å²) in [6.07, 6.45) is 4.57. The zero-order valence-electron chi connectivity index (χ0n) is 11.6. The van der Waals surface area contributed by atoms with E-state index in [9.17, 15) is 0 Å². The first-order valence-electron chi connectivity index (χ1n) is 7.26. The quantitative estimate of drug-likeness (QED) is 0.915. The fourth-order valence-corrected chi connectivity index (χ4v) is 4.92. The van der Waals surface area contributed by atoms with Crippen molar-refractivity contribution in [3.63, 3.8) is 0 Å². The molecule has 1 unspecified atom stereocenters. The summed E-state index contributed by atoms with van der Waals surface area (Å²) in [6.45, 7) is 0.745. The van der Waals surface area contributed by atoms with Gasteiger partial charge in [-0.2, -0.15) is 16.7 Å². The van der Waals surface area contributed by atoms with E-state index in [1.165, 1.54) is 23.3 Å². The van der Waals surface area contributed by atoms with Crippen molar-refractivity contribution in [2.24, 2.45) is 0 Å². The minimum absolute atomic E-state index is 0.0584. The topological polar surface area (TPSA) is 74.2 Å². The lowest BCUT2D eigenvalue weighted by Gasteiger charge is -2.18. The van der Waals surface area contributed by atoms with E-state index in [1.807, 2.05) is 11.8 Å². The largest absolute Gasteiger partial charge is 0.390 e. The number of thioether (sulfide) groups is 1. The standard InChI is InChI=1S/C14H17N3O2S2/c15-12-11(8-3-1-2-4-10(8)21-12)14-16-13(17-19-14)9-7-20-6-5-18-9/h9H,1-7,15H2. The van der Waals surface area contributed by atoms with Gasteiger partial charge in [-0.3, -0.25) is 0 Å². The van der Waals surface area contributed by atoms with E-state index in [0.717, 1.165) is 41.5 Å². The Morgan fingerprint density at radius 3 is 3.00 bits per heavy atom. The predicted molar refractivity (Wildman–Crippen MR) is 84.7 cm³/mol. The smallest absolute Gasteiger partial charge is 0.261 e. The van der Waals surface area contributed by atoms with Crippen LogP contribution in [0.15, 0.2) is 4.52 Å². The van der Waals surface area contributed by atoms with Gasteiger partial charge in [0.15, 0.2) is 0 Å². The fourth-order valence-electron chi connectivity index (χ4n) is 2.93. The van der Waals surface area contributed by atoms with E-state index in [2.05, 4.69) is 10.1 Å². The highest BCUT2D eigenvalue weighted by Gasteiger charge is 2.27. The van der Waals surface area contributed by atoms with Crippen molar-refractivity contribution in [1.29, 1.82) is 0 Å². The molecule has 0 radical (unpaired) electrons. The summed E-state index contributed by atoms with van der Waals surface area (Å²) >= 11 is 3.53. The van der Waals surface area contributed by atoms with Crippen molar-refractivity contribution in [3.8, 4) is 11.5 Å².